The van der Waals surface area contributed by atoms with Gasteiger partial charge in [0.2, 0.25) is 5.96 Å². The number of nitrogens with one attached hydrogen (secondary N) is 1. The largest absolute Gasteiger partial charge is 0.368 e. The lowest BCUT2D eigenvalue weighted by Crippen LogP contribution is -2.05. The van der Waals surface area contributed by atoms with E-state index in [9.17, 15) is 0 Å². The average Bonchev–Trinajstić information content (AvgIpc) is 2.26. The fraction of sp³-hybridized carbons (Fsp3) is 0. The first-order chi connectivity index (χ1) is 7.27. The molecule has 0 aliphatic carbocycles. The van der Waals surface area contributed by atoms with E-state index in [0.717, 1.165) is 16.3 Å². The zero-order valence-corrected chi connectivity index (χ0v) is 8.14. The van der Waals surface area contributed by atoms with E-state index in [1.165, 1.54) is 0 Å². The number of aliphatic imine (C=N–C) groups is 1. The van der Waals surface area contributed by atoms with E-state index in [2.05, 4.69) is 4.99 Å². The van der Waals surface area contributed by atoms with Crippen LogP contribution in [0.1, 0.15) is 5.56 Å². The van der Waals surface area contributed by atoms with Gasteiger partial charge in [0.1, 0.15) is 0 Å². The predicted molar refractivity (Wildman–Crippen MR) is 63.5 cm³/mol. The van der Waals surface area contributed by atoms with Gasteiger partial charge in [0.15, 0.2) is 0 Å². The van der Waals surface area contributed by atoms with Crippen molar-refractivity contribution in [2.75, 3.05) is 0 Å². The Balaban J connectivity index is 2.56. The van der Waals surface area contributed by atoms with Crippen molar-refractivity contribution >= 4 is 22.9 Å². The van der Waals surface area contributed by atoms with Gasteiger partial charge < -0.3 is 5.73 Å². The van der Waals surface area contributed by atoms with Crippen molar-refractivity contribution in [1.29, 1.82) is 5.41 Å². The molecule has 2 aromatic carbocycles. The van der Waals surface area contributed by atoms with Crippen LogP contribution < -0.4 is 5.73 Å². The Kier molecular flexibility index (Phi) is 2.46. The number of hydrogen-bond donors (Lipinski definition) is 2. The lowest BCUT2D eigenvalue weighted by molar-refractivity contribution is 1.38. The van der Waals surface area contributed by atoms with E-state index >= 15 is 0 Å². The van der Waals surface area contributed by atoms with Crippen molar-refractivity contribution in [2.45, 2.75) is 0 Å². The molecule has 0 saturated heterocycles. The van der Waals surface area contributed by atoms with Crippen molar-refractivity contribution in [2.24, 2.45) is 10.7 Å². The summed E-state index contributed by atoms with van der Waals surface area (Å²) in [5, 5.41) is 9.30. The minimum atomic E-state index is -0.178. The van der Waals surface area contributed by atoms with Crippen LogP contribution >= 0.6 is 0 Å². The summed E-state index contributed by atoms with van der Waals surface area (Å²) >= 11 is 0. The maximum Gasteiger partial charge on any atom is 0.212 e. The van der Waals surface area contributed by atoms with E-state index in [-0.39, 0.29) is 5.96 Å². The van der Waals surface area contributed by atoms with E-state index in [1.807, 2.05) is 42.5 Å². The van der Waals surface area contributed by atoms with Crippen LogP contribution in [-0.4, -0.2) is 12.2 Å². The molecule has 2 rings (SSSR count). The molecule has 0 aromatic heterocycles. The maximum atomic E-state index is 7.03. The third kappa shape index (κ3) is 2.02. The fourth-order valence-corrected chi connectivity index (χ4v) is 1.50. The second kappa shape index (κ2) is 3.92. The highest BCUT2D eigenvalue weighted by molar-refractivity contribution is 6.02. The van der Waals surface area contributed by atoms with Gasteiger partial charge in [0.05, 0.1) is 0 Å². The number of fused-ring (bicyclic) bond motifs is 1. The Bertz CT molecular complexity index is 524. The fourth-order valence-electron chi connectivity index (χ4n) is 1.50. The van der Waals surface area contributed by atoms with Gasteiger partial charge in [-0.15, -0.1) is 0 Å². The second-order valence-corrected chi connectivity index (χ2v) is 3.21. The molecule has 0 bridgehead atoms. The third-order valence-electron chi connectivity index (χ3n) is 2.17. The van der Waals surface area contributed by atoms with Crippen molar-refractivity contribution in [3.05, 3.63) is 48.0 Å². The van der Waals surface area contributed by atoms with Gasteiger partial charge in [-0.05, 0) is 10.8 Å². The SMILES string of the molecule is N=C(N)/N=C/c1cccc2ccccc12. The molecule has 0 unspecified atom stereocenters. The minimum Gasteiger partial charge on any atom is -0.368 e. The van der Waals surface area contributed by atoms with Crippen molar-refractivity contribution in [3.63, 3.8) is 0 Å². The Morgan fingerprint density at radius 2 is 1.87 bits per heavy atom. The third-order valence-corrected chi connectivity index (χ3v) is 2.17. The van der Waals surface area contributed by atoms with Crippen molar-refractivity contribution < 1.29 is 0 Å². The van der Waals surface area contributed by atoms with E-state index in [4.69, 9.17) is 11.1 Å². The molecule has 0 radical (unpaired) electrons. The van der Waals surface area contributed by atoms with E-state index in [0.29, 0.717) is 0 Å². The van der Waals surface area contributed by atoms with Crippen LogP contribution in [0.15, 0.2) is 47.5 Å². The molecule has 3 heteroatoms. The minimum absolute atomic E-state index is 0.178. The molecule has 0 spiro atoms. The molecular weight excluding hydrogens is 186 g/mol. The zero-order valence-electron chi connectivity index (χ0n) is 8.14. The zero-order chi connectivity index (χ0) is 10.7. The smallest absolute Gasteiger partial charge is 0.212 e. The Labute approximate surface area is 87.8 Å². The maximum absolute atomic E-state index is 7.03. The van der Waals surface area contributed by atoms with Gasteiger partial charge in [0.25, 0.3) is 0 Å². The average molecular weight is 197 g/mol. The van der Waals surface area contributed by atoms with Gasteiger partial charge in [-0.25, -0.2) is 4.99 Å². The summed E-state index contributed by atoms with van der Waals surface area (Å²) in [6, 6.07) is 14.0. The normalized spacial score (nSPS) is 10.9. The first-order valence-corrected chi connectivity index (χ1v) is 4.63. The number of hydrogen-bond acceptors (Lipinski definition) is 1. The van der Waals surface area contributed by atoms with Crippen LogP contribution in [-0.2, 0) is 0 Å². The van der Waals surface area contributed by atoms with Crippen LogP contribution in [0.4, 0.5) is 0 Å². The van der Waals surface area contributed by atoms with E-state index < -0.39 is 0 Å². The number of benzene rings is 2. The molecule has 74 valence electrons. The summed E-state index contributed by atoms with van der Waals surface area (Å²) in [7, 11) is 0. The highest BCUT2D eigenvalue weighted by Gasteiger charge is 1.96. The molecule has 15 heavy (non-hydrogen) atoms. The summed E-state index contributed by atoms with van der Waals surface area (Å²) in [6.45, 7) is 0. The summed E-state index contributed by atoms with van der Waals surface area (Å²) in [6.07, 6.45) is 1.62. The molecule has 0 heterocycles. The highest BCUT2D eigenvalue weighted by Crippen LogP contribution is 2.16. The summed E-state index contributed by atoms with van der Waals surface area (Å²) in [5.74, 6) is -0.178. The van der Waals surface area contributed by atoms with Gasteiger partial charge >= 0.3 is 0 Å². The van der Waals surface area contributed by atoms with Crippen LogP contribution in [0.2, 0.25) is 0 Å². The Morgan fingerprint density at radius 1 is 1.13 bits per heavy atom. The lowest BCUT2D eigenvalue weighted by Gasteiger charge is -2.00. The molecule has 0 aliphatic heterocycles. The molecule has 0 amide bonds. The molecular formula is C12H11N3. The molecule has 3 nitrogen and oxygen atoms in total. The molecule has 0 aliphatic rings. The number of nitrogens with zero attached hydrogens (tertiary/aromatic N) is 1. The van der Waals surface area contributed by atoms with Crippen molar-refractivity contribution in [3.8, 4) is 0 Å². The lowest BCUT2D eigenvalue weighted by atomic mass is 10.1. The van der Waals surface area contributed by atoms with Gasteiger partial charge in [-0.3, -0.25) is 5.41 Å². The van der Waals surface area contributed by atoms with Crippen LogP contribution in [0.25, 0.3) is 10.8 Å². The first-order valence-electron chi connectivity index (χ1n) is 4.63. The van der Waals surface area contributed by atoms with Crippen molar-refractivity contribution in [1.82, 2.24) is 0 Å². The molecule has 2 aromatic rings. The number of nitrogens with two attached hydrogens (primary N) is 1. The summed E-state index contributed by atoms with van der Waals surface area (Å²) in [5.41, 5.74) is 6.15. The number of guanidine groups is 1. The first kappa shape index (κ1) is 9.40. The summed E-state index contributed by atoms with van der Waals surface area (Å²) in [4.78, 5) is 3.78. The van der Waals surface area contributed by atoms with Crippen LogP contribution in [0.5, 0.6) is 0 Å². The Hall–Kier alpha value is -2.16. The van der Waals surface area contributed by atoms with Gasteiger partial charge in [0, 0.05) is 11.8 Å². The summed E-state index contributed by atoms with van der Waals surface area (Å²) < 4.78 is 0. The monoisotopic (exact) mass is 197 g/mol. The molecule has 0 atom stereocenters. The van der Waals surface area contributed by atoms with Gasteiger partial charge in [-0.2, -0.15) is 0 Å². The highest BCUT2D eigenvalue weighted by atomic mass is 15.0. The quantitative estimate of drug-likeness (QED) is 0.534. The number of rotatable bonds is 1. The molecule has 0 saturated carbocycles. The molecule has 3 N–H and O–H groups in total. The Morgan fingerprint density at radius 3 is 2.67 bits per heavy atom. The molecule has 0 fully saturated rings. The topological polar surface area (TPSA) is 62.2 Å². The second-order valence-electron chi connectivity index (χ2n) is 3.21. The van der Waals surface area contributed by atoms with E-state index in [1.54, 1.807) is 6.21 Å². The van der Waals surface area contributed by atoms with Gasteiger partial charge in [-0.1, -0.05) is 42.5 Å². The predicted octanol–water partition coefficient (Wildman–Crippen LogP) is 2.15. The van der Waals surface area contributed by atoms with Crippen LogP contribution in [0.3, 0.4) is 0 Å². The standard InChI is InChI=1S/C12H11N3/c13-12(14)15-8-10-6-3-5-9-4-1-2-7-11(9)10/h1-8H,(H3,13,14)/b15-8+. The van der Waals surface area contributed by atoms with Crippen LogP contribution in [0, 0.1) is 5.41 Å².